The average molecular weight is 271 g/mol. The first-order valence-electron chi connectivity index (χ1n) is 6.96. The standard InChI is InChI=1S/C16H21N3O/c1-2-9-17-16-11-14(8-10-18-16)19-12-15(20)13-6-4-3-5-7-13/h3-8,10-11,15,20H,2,9,12H2,1H3,(H2,17,18,19). The van der Waals surface area contributed by atoms with E-state index >= 15 is 0 Å². The Hall–Kier alpha value is -2.07. The van der Waals surface area contributed by atoms with Gasteiger partial charge in [0.1, 0.15) is 5.82 Å². The number of anilines is 2. The first kappa shape index (κ1) is 14.3. The molecule has 106 valence electrons. The molecule has 0 saturated heterocycles. The summed E-state index contributed by atoms with van der Waals surface area (Å²) in [5.41, 5.74) is 1.87. The summed E-state index contributed by atoms with van der Waals surface area (Å²) >= 11 is 0. The highest BCUT2D eigenvalue weighted by atomic mass is 16.3. The number of aliphatic hydroxyl groups is 1. The zero-order valence-electron chi connectivity index (χ0n) is 11.7. The van der Waals surface area contributed by atoms with E-state index in [-0.39, 0.29) is 0 Å². The van der Waals surface area contributed by atoms with Crippen molar-refractivity contribution in [2.45, 2.75) is 19.4 Å². The molecule has 0 bridgehead atoms. The van der Waals surface area contributed by atoms with Gasteiger partial charge in [0.2, 0.25) is 0 Å². The summed E-state index contributed by atoms with van der Waals surface area (Å²) in [6.45, 7) is 3.50. The van der Waals surface area contributed by atoms with Crippen LogP contribution in [0.1, 0.15) is 25.0 Å². The second-order valence-electron chi connectivity index (χ2n) is 4.66. The lowest BCUT2D eigenvalue weighted by atomic mass is 10.1. The van der Waals surface area contributed by atoms with Crippen molar-refractivity contribution in [3.63, 3.8) is 0 Å². The second-order valence-corrected chi connectivity index (χ2v) is 4.66. The molecule has 0 aliphatic heterocycles. The van der Waals surface area contributed by atoms with Crippen LogP contribution in [0, 0.1) is 0 Å². The van der Waals surface area contributed by atoms with Gasteiger partial charge in [0.25, 0.3) is 0 Å². The van der Waals surface area contributed by atoms with E-state index in [1.807, 2.05) is 42.5 Å². The van der Waals surface area contributed by atoms with Gasteiger partial charge in [-0.05, 0) is 18.1 Å². The molecule has 1 aromatic carbocycles. The van der Waals surface area contributed by atoms with Crippen LogP contribution in [0.15, 0.2) is 48.7 Å². The topological polar surface area (TPSA) is 57.2 Å². The maximum Gasteiger partial charge on any atom is 0.127 e. The molecule has 0 fully saturated rings. The molecule has 0 amide bonds. The summed E-state index contributed by atoms with van der Waals surface area (Å²) in [7, 11) is 0. The second kappa shape index (κ2) is 7.50. The molecule has 0 aliphatic rings. The van der Waals surface area contributed by atoms with Gasteiger partial charge in [-0.15, -0.1) is 0 Å². The molecule has 0 radical (unpaired) electrons. The van der Waals surface area contributed by atoms with E-state index in [0.717, 1.165) is 30.0 Å². The first-order chi connectivity index (χ1) is 9.79. The minimum Gasteiger partial charge on any atom is -0.387 e. The fraction of sp³-hybridized carbons (Fsp3) is 0.312. The van der Waals surface area contributed by atoms with E-state index in [1.54, 1.807) is 6.20 Å². The zero-order valence-corrected chi connectivity index (χ0v) is 11.7. The van der Waals surface area contributed by atoms with Gasteiger partial charge in [-0.1, -0.05) is 37.3 Å². The summed E-state index contributed by atoms with van der Waals surface area (Å²) in [4.78, 5) is 4.25. The Bertz CT molecular complexity index is 516. The molecule has 2 rings (SSSR count). The van der Waals surface area contributed by atoms with Crippen LogP contribution in [-0.2, 0) is 0 Å². The number of benzene rings is 1. The maximum atomic E-state index is 10.1. The lowest BCUT2D eigenvalue weighted by Crippen LogP contribution is -2.12. The molecule has 4 heteroatoms. The van der Waals surface area contributed by atoms with Gasteiger partial charge in [0, 0.05) is 31.0 Å². The Kier molecular flexibility index (Phi) is 5.38. The van der Waals surface area contributed by atoms with Gasteiger partial charge in [-0.2, -0.15) is 0 Å². The van der Waals surface area contributed by atoms with Crippen molar-refractivity contribution in [3.8, 4) is 0 Å². The highest BCUT2D eigenvalue weighted by Gasteiger charge is 2.06. The Labute approximate surface area is 119 Å². The molecule has 1 heterocycles. The first-order valence-corrected chi connectivity index (χ1v) is 6.96. The van der Waals surface area contributed by atoms with Crippen LogP contribution in [0.5, 0.6) is 0 Å². The van der Waals surface area contributed by atoms with E-state index in [2.05, 4.69) is 22.5 Å². The van der Waals surface area contributed by atoms with Crippen molar-refractivity contribution < 1.29 is 5.11 Å². The van der Waals surface area contributed by atoms with Crippen molar-refractivity contribution in [3.05, 3.63) is 54.2 Å². The van der Waals surface area contributed by atoms with E-state index in [9.17, 15) is 5.11 Å². The van der Waals surface area contributed by atoms with Crippen LogP contribution < -0.4 is 10.6 Å². The van der Waals surface area contributed by atoms with Crippen LogP contribution in [0.4, 0.5) is 11.5 Å². The van der Waals surface area contributed by atoms with Crippen molar-refractivity contribution >= 4 is 11.5 Å². The summed E-state index contributed by atoms with van der Waals surface area (Å²) in [6, 6.07) is 13.5. The number of nitrogens with zero attached hydrogens (tertiary/aromatic N) is 1. The minimum atomic E-state index is -0.517. The van der Waals surface area contributed by atoms with E-state index in [0.29, 0.717) is 6.54 Å². The fourth-order valence-electron chi connectivity index (χ4n) is 1.90. The highest BCUT2D eigenvalue weighted by molar-refractivity contribution is 5.51. The molecule has 20 heavy (non-hydrogen) atoms. The normalized spacial score (nSPS) is 11.9. The predicted octanol–water partition coefficient (Wildman–Crippen LogP) is 3.05. The van der Waals surface area contributed by atoms with Gasteiger partial charge < -0.3 is 15.7 Å². The third-order valence-corrected chi connectivity index (χ3v) is 3.00. The van der Waals surface area contributed by atoms with Crippen LogP contribution in [0.3, 0.4) is 0 Å². The predicted molar refractivity (Wildman–Crippen MR) is 82.9 cm³/mol. The van der Waals surface area contributed by atoms with Gasteiger partial charge >= 0.3 is 0 Å². The summed E-state index contributed by atoms with van der Waals surface area (Å²) in [5.74, 6) is 0.853. The maximum absolute atomic E-state index is 10.1. The van der Waals surface area contributed by atoms with E-state index < -0.39 is 6.10 Å². The molecule has 4 nitrogen and oxygen atoms in total. The average Bonchev–Trinajstić information content (AvgIpc) is 2.52. The Balaban J connectivity index is 1.90. The van der Waals surface area contributed by atoms with Gasteiger partial charge in [0.15, 0.2) is 0 Å². The van der Waals surface area contributed by atoms with Gasteiger partial charge in [0.05, 0.1) is 6.10 Å². The van der Waals surface area contributed by atoms with Crippen molar-refractivity contribution in [2.75, 3.05) is 23.7 Å². The lowest BCUT2D eigenvalue weighted by molar-refractivity contribution is 0.191. The molecule has 3 N–H and O–H groups in total. The van der Waals surface area contributed by atoms with Crippen molar-refractivity contribution in [2.24, 2.45) is 0 Å². The molecule has 1 aromatic heterocycles. The Morgan fingerprint density at radius 3 is 2.70 bits per heavy atom. The monoisotopic (exact) mass is 271 g/mol. The summed E-state index contributed by atoms with van der Waals surface area (Å²) in [6.07, 6.45) is 2.30. The van der Waals surface area contributed by atoms with Crippen molar-refractivity contribution in [1.82, 2.24) is 4.98 Å². The zero-order chi connectivity index (χ0) is 14.2. The largest absolute Gasteiger partial charge is 0.387 e. The van der Waals surface area contributed by atoms with Crippen molar-refractivity contribution in [1.29, 1.82) is 0 Å². The number of nitrogens with one attached hydrogen (secondary N) is 2. The van der Waals surface area contributed by atoms with Crippen LogP contribution >= 0.6 is 0 Å². The van der Waals surface area contributed by atoms with E-state index in [1.165, 1.54) is 0 Å². The molecule has 0 saturated carbocycles. The molecular weight excluding hydrogens is 250 g/mol. The number of hydrogen-bond donors (Lipinski definition) is 3. The third-order valence-electron chi connectivity index (χ3n) is 3.00. The molecule has 0 spiro atoms. The summed E-state index contributed by atoms with van der Waals surface area (Å²) < 4.78 is 0. The highest BCUT2D eigenvalue weighted by Crippen LogP contribution is 2.16. The van der Waals surface area contributed by atoms with Gasteiger partial charge in [-0.3, -0.25) is 0 Å². The number of rotatable bonds is 7. The van der Waals surface area contributed by atoms with Gasteiger partial charge in [-0.25, -0.2) is 4.98 Å². The fourth-order valence-corrected chi connectivity index (χ4v) is 1.90. The Morgan fingerprint density at radius 2 is 1.95 bits per heavy atom. The number of aromatic nitrogens is 1. The third kappa shape index (κ3) is 4.24. The van der Waals surface area contributed by atoms with Crippen LogP contribution in [0.25, 0.3) is 0 Å². The molecular formula is C16H21N3O. The number of hydrogen-bond acceptors (Lipinski definition) is 4. The quantitative estimate of drug-likeness (QED) is 0.724. The van der Waals surface area contributed by atoms with Crippen LogP contribution in [0.2, 0.25) is 0 Å². The SMILES string of the molecule is CCCNc1cc(NCC(O)c2ccccc2)ccn1. The Morgan fingerprint density at radius 1 is 1.15 bits per heavy atom. The number of aliphatic hydroxyl groups excluding tert-OH is 1. The van der Waals surface area contributed by atoms with Crippen LogP contribution in [-0.4, -0.2) is 23.2 Å². The molecule has 1 unspecified atom stereocenters. The minimum absolute atomic E-state index is 0.473. The number of pyridine rings is 1. The van der Waals surface area contributed by atoms with E-state index in [4.69, 9.17) is 0 Å². The molecule has 0 aliphatic carbocycles. The molecule has 1 atom stereocenters. The molecule has 2 aromatic rings. The smallest absolute Gasteiger partial charge is 0.127 e. The lowest BCUT2D eigenvalue weighted by Gasteiger charge is -2.13. The summed E-state index contributed by atoms with van der Waals surface area (Å²) in [5, 5.41) is 16.6.